The molecule has 37 heavy (non-hydrogen) atoms. The smallest absolute Gasteiger partial charge is 0.352 e. The largest absolute Gasteiger partial charge is 0.355 e. The van der Waals surface area contributed by atoms with Crippen molar-refractivity contribution in [3.05, 3.63) is 57.1 Å². The van der Waals surface area contributed by atoms with Gasteiger partial charge in [-0.1, -0.05) is 57.5 Å². The molecule has 0 aliphatic carbocycles. The second kappa shape index (κ2) is 10.4. The molecule has 196 valence electrons. The van der Waals surface area contributed by atoms with Crippen LogP contribution in [-0.4, -0.2) is 60.5 Å². The summed E-state index contributed by atoms with van der Waals surface area (Å²) in [4.78, 5) is 48.1. The number of piperazine rings is 1. The molecule has 1 fully saturated rings. The fourth-order valence-electron chi connectivity index (χ4n) is 5.04. The van der Waals surface area contributed by atoms with Crippen LogP contribution in [-0.2, 0) is 4.79 Å². The van der Waals surface area contributed by atoms with Gasteiger partial charge in [-0.05, 0) is 37.8 Å². The van der Waals surface area contributed by atoms with Crippen LogP contribution >= 0.6 is 23.2 Å². The number of aromatic nitrogens is 5. The second-order valence-electron chi connectivity index (χ2n) is 10.0. The number of anilines is 1. The highest BCUT2D eigenvalue weighted by atomic mass is 35.5. The molecule has 3 aromatic rings. The number of hydrogen-bond acceptors (Lipinski definition) is 7. The van der Waals surface area contributed by atoms with Gasteiger partial charge in [0.25, 0.3) is 0 Å². The Bertz CT molecular complexity index is 1400. The van der Waals surface area contributed by atoms with E-state index < -0.39 is 5.69 Å². The third kappa shape index (κ3) is 4.82. The Morgan fingerprint density at radius 2 is 1.62 bits per heavy atom. The number of pyridine rings is 1. The van der Waals surface area contributed by atoms with Gasteiger partial charge >= 0.3 is 5.69 Å². The van der Waals surface area contributed by atoms with Crippen LogP contribution in [0.5, 0.6) is 0 Å². The lowest BCUT2D eigenvalue weighted by Gasteiger charge is -2.44. The molecule has 9 nitrogen and oxygen atoms in total. The fourth-order valence-corrected chi connectivity index (χ4v) is 5.33. The van der Waals surface area contributed by atoms with Crippen LogP contribution in [0.3, 0.4) is 0 Å². The molecule has 2 atom stereocenters. The summed E-state index contributed by atoms with van der Waals surface area (Å²) in [6.45, 7) is 16.5. The number of nitrogens with zero attached hydrogens (tertiary/aromatic N) is 7. The van der Waals surface area contributed by atoms with E-state index in [2.05, 4.69) is 26.5 Å². The highest BCUT2D eigenvalue weighted by molar-refractivity contribution is 6.41. The van der Waals surface area contributed by atoms with Gasteiger partial charge in [0.05, 0.1) is 27.5 Å². The third-order valence-corrected chi connectivity index (χ3v) is 7.28. The average Bonchev–Trinajstić information content (AvgIpc) is 2.83. The first-order valence-corrected chi connectivity index (χ1v) is 13.0. The number of carbonyl (C=O) groups is 1. The first-order chi connectivity index (χ1) is 17.5. The zero-order chi connectivity index (χ0) is 27.2. The van der Waals surface area contributed by atoms with E-state index in [0.29, 0.717) is 47.0 Å². The molecular formula is C26H31Cl2N7O2. The number of halogens is 2. The molecule has 0 unspecified atom stereocenters. The number of amides is 1. The molecule has 1 amide bonds. The third-order valence-electron chi connectivity index (χ3n) is 6.60. The predicted octanol–water partition coefficient (Wildman–Crippen LogP) is 4.74. The summed E-state index contributed by atoms with van der Waals surface area (Å²) in [6.07, 6.45) is 2.84. The van der Waals surface area contributed by atoms with Crippen LogP contribution in [0.25, 0.3) is 16.7 Å². The zero-order valence-electron chi connectivity index (χ0n) is 21.9. The number of carbonyl (C=O) groups excluding carboxylic acids is 1. The van der Waals surface area contributed by atoms with Gasteiger partial charge in [-0.3, -0.25) is 4.79 Å². The molecule has 1 aliphatic heterocycles. The number of rotatable bonds is 5. The van der Waals surface area contributed by atoms with Crippen LogP contribution in [0.1, 0.15) is 64.8 Å². The summed E-state index contributed by atoms with van der Waals surface area (Å²) < 4.78 is 1.45. The molecule has 0 spiro atoms. The monoisotopic (exact) mass is 543 g/mol. The van der Waals surface area contributed by atoms with Crippen LogP contribution in [0.4, 0.5) is 5.82 Å². The Kier molecular flexibility index (Phi) is 7.57. The number of fused-ring (bicyclic) bond motifs is 1. The summed E-state index contributed by atoms with van der Waals surface area (Å²) in [6, 6.07) is 1.42. The second-order valence-corrected chi connectivity index (χ2v) is 10.8. The maximum absolute atomic E-state index is 13.8. The zero-order valence-corrected chi connectivity index (χ0v) is 23.4. The SMILES string of the molecule is C=CC(=O)N1[C@H](C)CN(c2nc(=O)n(-c3c(C(C)C)ncnc3C(C)C)c3nc(Cl)c(Cl)cc23)C[C@@H]1C. The molecule has 0 saturated carbocycles. The van der Waals surface area contributed by atoms with Gasteiger partial charge in [-0.2, -0.15) is 4.98 Å². The van der Waals surface area contributed by atoms with Crippen molar-refractivity contribution < 1.29 is 4.79 Å². The van der Waals surface area contributed by atoms with Crippen LogP contribution < -0.4 is 10.6 Å². The Balaban J connectivity index is 2.00. The average molecular weight is 544 g/mol. The van der Waals surface area contributed by atoms with Gasteiger partial charge in [0.1, 0.15) is 17.3 Å². The molecule has 0 aromatic carbocycles. The van der Waals surface area contributed by atoms with E-state index in [1.807, 2.05) is 46.4 Å². The fraction of sp³-hybridized carbons (Fsp3) is 0.462. The van der Waals surface area contributed by atoms with Crippen molar-refractivity contribution in [2.24, 2.45) is 0 Å². The van der Waals surface area contributed by atoms with E-state index in [9.17, 15) is 9.59 Å². The maximum Gasteiger partial charge on any atom is 0.355 e. The van der Waals surface area contributed by atoms with E-state index in [0.717, 1.165) is 0 Å². The lowest BCUT2D eigenvalue weighted by Crippen LogP contribution is -2.58. The van der Waals surface area contributed by atoms with Crippen molar-refractivity contribution in [3.63, 3.8) is 0 Å². The molecule has 11 heteroatoms. The topological polar surface area (TPSA) is 97.1 Å². The van der Waals surface area contributed by atoms with Gasteiger partial charge in [-0.15, -0.1) is 0 Å². The van der Waals surface area contributed by atoms with Gasteiger partial charge in [0.15, 0.2) is 5.65 Å². The lowest BCUT2D eigenvalue weighted by atomic mass is 10.0. The summed E-state index contributed by atoms with van der Waals surface area (Å²) in [5, 5.41) is 0.906. The van der Waals surface area contributed by atoms with Gasteiger partial charge < -0.3 is 9.80 Å². The Morgan fingerprint density at radius 1 is 1.05 bits per heavy atom. The molecule has 1 saturated heterocycles. The molecule has 0 N–H and O–H groups in total. The summed E-state index contributed by atoms with van der Waals surface area (Å²) >= 11 is 12.8. The van der Waals surface area contributed by atoms with Crippen LogP contribution in [0, 0.1) is 0 Å². The summed E-state index contributed by atoms with van der Waals surface area (Å²) in [5.74, 6) is 0.339. The quantitative estimate of drug-likeness (QED) is 0.338. The molecular weight excluding hydrogens is 513 g/mol. The molecule has 1 aliphatic rings. The molecule has 4 rings (SSSR count). The Labute approximate surface area is 226 Å². The van der Waals surface area contributed by atoms with Crippen LogP contribution in [0.15, 0.2) is 29.8 Å². The first-order valence-electron chi connectivity index (χ1n) is 12.3. The van der Waals surface area contributed by atoms with E-state index >= 15 is 0 Å². The molecule has 3 aromatic heterocycles. The van der Waals surface area contributed by atoms with E-state index in [1.54, 1.807) is 11.0 Å². The minimum Gasteiger partial charge on any atom is -0.352 e. The van der Waals surface area contributed by atoms with Crippen molar-refractivity contribution in [3.8, 4) is 5.69 Å². The molecule has 0 radical (unpaired) electrons. The van der Waals surface area contributed by atoms with E-state index in [4.69, 9.17) is 23.2 Å². The minimum atomic E-state index is -0.517. The van der Waals surface area contributed by atoms with Crippen molar-refractivity contribution in [1.82, 2.24) is 29.4 Å². The highest BCUT2D eigenvalue weighted by Crippen LogP contribution is 2.34. The van der Waals surface area contributed by atoms with Gasteiger partial charge in [-0.25, -0.2) is 24.3 Å². The van der Waals surface area contributed by atoms with Crippen molar-refractivity contribution in [2.45, 2.75) is 65.5 Å². The van der Waals surface area contributed by atoms with Gasteiger partial charge in [0.2, 0.25) is 5.91 Å². The molecule has 4 heterocycles. The normalized spacial score (nSPS) is 18.2. The minimum absolute atomic E-state index is 0.0112. The van der Waals surface area contributed by atoms with E-state index in [-0.39, 0.29) is 40.0 Å². The number of hydrogen-bond donors (Lipinski definition) is 0. The van der Waals surface area contributed by atoms with Crippen molar-refractivity contribution >= 4 is 46.0 Å². The van der Waals surface area contributed by atoms with E-state index in [1.165, 1.54) is 17.0 Å². The highest BCUT2D eigenvalue weighted by Gasteiger charge is 2.34. The Hall–Kier alpha value is -3.04. The van der Waals surface area contributed by atoms with Crippen molar-refractivity contribution in [2.75, 3.05) is 18.0 Å². The Morgan fingerprint density at radius 3 is 2.14 bits per heavy atom. The summed E-state index contributed by atoms with van der Waals surface area (Å²) in [7, 11) is 0. The first kappa shape index (κ1) is 27.0. The standard InChI is InChI=1S/C26H31Cl2N7O2/c1-8-19(36)34-15(6)10-33(11-16(34)7)24-17-9-18(27)23(28)31-25(17)35(26(37)32-24)22-20(13(2)3)29-12-30-21(22)14(4)5/h8-9,12-16H,1,10-11H2,2-7H3/t15-,16+. The molecule has 0 bridgehead atoms. The lowest BCUT2D eigenvalue weighted by molar-refractivity contribution is -0.130. The summed E-state index contributed by atoms with van der Waals surface area (Å²) in [5.41, 5.74) is 1.80. The van der Waals surface area contributed by atoms with Crippen LogP contribution in [0.2, 0.25) is 10.2 Å². The van der Waals surface area contributed by atoms with Gasteiger partial charge in [0, 0.05) is 25.2 Å². The van der Waals surface area contributed by atoms with Crippen molar-refractivity contribution in [1.29, 1.82) is 0 Å². The maximum atomic E-state index is 13.8. The predicted molar refractivity (Wildman–Crippen MR) is 147 cm³/mol.